The third-order valence-electron chi connectivity index (χ3n) is 2.53. The molecule has 1 N–H and O–H groups in total. The summed E-state index contributed by atoms with van der Waals surface area (Å²) in [5.41, 5.74) is 0.936. The number of rotatable bonds is 3. The molecule has 0 bridgehead atoms. The van der Waals surface area contributed by atoms with Crippen LogP contribution in [0.4, 0.5) is 11.5 Å². The van der Waals surface area contributed by atoms with Crippen molar-refractivity contribution in [1.82, 2.24) is 24.7 Å². The molecule has 0 aliphatic rings. The van der Waals surface area contributed by atoms with Crippen molar-refractivity contribution in [3.63, 3.8) is 0 Å². The van der Waals surface area contributed by atoms with Crippen molar-refractivity contribution in [3.8, 4) is 11.9 Å². The maximum Gasteiger partial charge on any atom is 0.183 e. The Hall–Kier alpha value is -3.27. The molecule has 0 spiro atoms. The summed E-state index contributed by atoms with van der Waals surface area (Å²) in [7, 11) is 0. The highest BCUT2D eigenvalue weighted by molar-refractivity contribution is 5.59. The molecule has 0 unspecified atom stereocenters. The Morgan fingerprint density at radius 2 is 2.00 bits per heavy atom. The van der Waals surface area contributed by atoms with Crippen LogP contribution in [0, 0.1) is 11.3 Å². The average molecular weight is 263 g/mol. The number of nitrogens with zero attached hydrogens (tertiary/aromatic N) is 6. The lowest BCUT2D eigenvalue weighted by atomic mass is 10.4. The quantitative estimate of drug-likeness (QED) is 0.772. The van der Waals surface area contributed by atoms with E-state index in [2.05, 4.69) is 25.4 Å². The molecule has 0 saturated heterocycles. The number of hydrogen-bond donors (Lipinski definition) is 1. The molecule has 3 heterocycles. The average Bonchev–Trinajstić information content (AvgIpc) is 2.97. The lowest BCUT2D eigenvalue weighted by Crippen LogP contribution is -1.98. The standard InChI is InChI=1S/C13H9N7/c14-7-11-13(17-6-5-15-11)19-10-8-18-20(9-10)12-3-1-2-4-16-12/h1-6,8-9H,(H,17,19). The van der Waals surface area contributed by atoms with E-state index in [0.29, 0.717) is 17.3 Å². The minimum absolute atomic E-state index is 0.234. The van der Waals surface area contributed by atoms with Gasteiger partial charge in [0.25, 0.3) is 0 Å². The van der Waals surface area contributed by atoms with E-state index in [9.17, 15) is 0 Å². The van der Waals surface area contributed by atoms with Gasteiger partial charge in [0.05, 0.1) is 18.1 Å². The molecule has 3 aromatic heterocycles. The van der Waals surface area contributed by atoms with Gasteiger partial charge in [0.2, 0.25) is 0 Å². The summed E-state index contributed by atoms with van der Waals surface area (Å²) in [6, 6.07) is 7.55. The second-order valence-electron chi connectivity index (χ2n) is 3.85. The van der Waals surface area contributed by atoms with Crippen LogP contribution in [0.2, 0.25) is 0 Å². The summed E-state index contributed by atoms with van der Waals surface area (Å²) >= 11 is 0. The Morgan fingerprint density at radius 3 is 2.80 bits per heavy atom. The highest BCUT2D eigenvalue weighted by Gasteiger charge is 2.06. The van der Waals surface area contributed by atoms with Gasteiger partial charge >= 0.3 is 0 Å². The fraction of sp³-hybridized carbons (Fsp3) is 0. The summed E-state index contributed by atoms with van der Waals surface area (Å²) in [5.74, 6) is 1.11. The van der Waals surface area contributed by atoms with Crippen molar-refractivity contribution in [2.75, 3.05) is 5.32 Å². The summed E-state index contributed by atoms with van der Waals surface area (Å²) in [4.78, 5) is 12.2. The topological polar surface area (TPSA) is 92.3 Å². The van der Waals surface area contributed by atoms with Gasteiger partial charge in [-0.3, -0.25) is 0 Å². The van der Waals surface area contributed by atoms with E-state index in [0.717, 1.165) is 0 Å². The van der Waals surface area contributed by atoms with E-state index < -0.39 is 0 Å². The molecular formula is C13H9N7. The molecule has 20 heavy (non-hydrogen) atoms. The van der Waals surface area contributed by atoms with Crippen molar-refractivity contribution in [1.29, 1.82) is 5.26 Å². The predicted molar refractivity (Wildman–Crippen MR) is 71.4 cm³/mol. The van der Waals surface area contributed by atoms with Gasteiger partial charge in [0.1, 0.15) is 6.07 Å². The first-order valence-electron chi connectivity index (χ1n) is 5.81. The second-order valence-corrected chi connectivity index (χ2v) is 3.85. The van der Waals surface area contributed by atoms with E-state index in [1.54, 1.807) is 23.3 Å². The normalized spacial score (nSPS) is 9.95. The maximum atomic E-state index is 8.96. The van der Waals surface area contributed by atoms with Crippen LogP contribution in [0.25, 0.3) is 5.82 Å². The first kappa shape index (κ1) is 11.8. The molecule has 0 radical (unpaired) electrons. The highest BCUT2D eigenvalue weighted by atomic mass is 15.3. The highest BCUT2D eigenvalue weighted by Crippen LogP contribution is 2.16. The number of hydrogen-bond acceptors (Lipinski definition) is 6. The number of anilines is 2. The third-order valence-corrected chi connectivity index (χ3v) is 2.53. The van der Waals surface area contributed by atoms with E-state index in [1.807, 2.05) is 24.3 Å². The van der Waals surface area contributed by atoms with Crippen LogP contribution in [0.5, 0.6) is 0 Å². The molecule has 0 atom stereocenters. The molecule has 7 heteroatoms. The molecule has 0 fully saturated rings. The van der Waals surface area contributed by atoms with Gasteiger partial charge in [0.15, 0.2) is 17.3 Å². The van der Waals surface area contributed by atoms with Crippen LogP contribution in [-0.4, -0.2) is 24.7 Å². The summed E-state index contributed by atoms with van der Waals surface area (Å²) in [5, 5.41) is 16.2. The second kappa shape index (κ2) is 5.16. The molecule has 0 saturated carbocycles. The van der Waals surface area contributed by atoms with Gasteiger partial charge in [-0.1, -0.05) is 6.07 Å². The van der Waals surface area contributed by atoms with Crippen molar-refractivity contribution in [2.45, 2.75) is 0 Å². The van der Waals surface area contributed by atoms with Gasteiger partial charge in [-0.2, -0.15) is 10.4 Å². The molecule has 7 nitrogen and oxygen atoms in total. The van der Waals surface area contributed by atoms with Crippen molar-refractivity contribution in [3.05, 3.63) is 54.9 Å². The lowest BCUT2D eigenvalue weighted by Gasteiger charge is -2.02. The summed E-state index contributed by atoms with van der Waals surface area (Å²) < 4.78 is 1.63. The van der Waals surface area contributed by atoms with E-state index in [-0.39, 0.29) is 5.69 Å². The molecule has 0 amide bonds. The minimum Gasteiger partial charge on any atom is -0.335 e. The Labute approximate surface area is 114 Å². The zero-order chi connectivity index (χ0) is 13.8. The van der Waals surface area contributed by atoms with E-state index in [4.69, 9.17) is 5.26 Å². The Morgan fingerprint density at radius 1 is 1.10 bits per heavy atom. The monoisotopic (exact) mass is 263 g/mol. The largest absolute Gasteiger partial charge is 0.335 e. The number of pyridine rings is 1. The van der Waals surface area contributed by atoms with Crippen LogP contribution in [0.15, 0.2) is 49.2 Å². The van der Waals surface area contributed by atoms with Crippen molar-refractivity contribution >= 4 is 11.5 Å². The zero-order valence-corrected chi connectivity index (χ0v) is 10.3. The predicted octanol–water partition coefficient (Wildman–Crippen LogP) is 1.67. The Kier molecular flexibility index (Phi) is 3.04. The first-order chi connectivity index (χ1) is 9.86. The molecule has 0 aromatic carbocycles. The van der Waals surface area contributed by atoms with Crippen LogP contribution in [-0.2, 0) is 0 Å². The molecule has 0 aliphatic carbocycles. The van der Waals surface area contributed by atoms with Crippen LogP contribution < -0.4 is 5.32 Å². The van der Waals surface area contributed by atoms with E-state index >= 15 is 0 Å². The van der Waals surface area contributed by atoms with Crippen LogP contribution >= 0.6 is 0 Å². The molecular weight excluding hydrogens is 254 g/mol. The van der Waals surface area contributed by atoms with Gasteiger partial charge in [-0.15, -0.1) is 0 Å². The van der Waals surface area contributed by atoms with Gasteiger partial charge in [-0.25, -0.2) is 19.6 Å². The summed E-state index contributed by atoms with van der Waals surface area (Å²) in [6.45, 7) is 0. The van der Waals surface area contributed by atoms with E-state index in [1.165, 1.54) is 12.4 Å². The van der Waals surface area contributed by atoms with Crippen molar-refractivity contribution in [2.24, 2.45) is 0 Å². The SMILES string of the molecule is N#Cc1nccnc1Nc1cnn(-c2ccccn2)c1. The molecule has 0 aliphatic heterocycles. The van der Waals surface area contributed by atoms with Crippen LogP contribution in [0.1, 0.15) is 5.69 Å². The van der Waals surface area contributed by atoms with Gasteiger partial charge in [0, 0.05) is 18.6 Å². The fourth-order valence-electron chi connectivity index (χ4n) is 1.65. The minimum atomic E-state index is 0.234. The molecule has 3 rings (SSSR count). The fourth-order valence-corrected chi connectivity index (χ4v) is 1.65. The van der Waals surface area contributed by atoms with Crippen molar-refractivity contribution < 1.29 is 0 Å². The van der Waals surface area contributed by atoms with Crippen LogP contribution in [0.3, 0.4) is 0 Å². The smallest absolute Gasteiger partial charge is 0.183 e. The Balaban J connectivity index is 1.87. The maximum absolute atomic E-state index is 8.96. The third kappa shape index (κ3) is 2.30. The van der Waals surface area contributed by atoms with Gasteiger partial charge < -0.3 is 5.32 Å². The number of nitrogens with one attached hydrogen (secondary N) is 1. The Bertz CT molecular complexity index is 758. The van der Waals surface area contributed by atoms with Gasteiger partial charge in [-0.05, 0) is 12.1 Å². The number of nitriles is 1. The molecule has 3 aromatic rings. The summed E-state index contributed by atoms with van der Waals surface area (Å²) in [6.07, 6.45) is 8.08. The molecule has 96 valence electrons. The lowest BCUT2D eigenvalue weighted by molar-refractivity contribution is 0.847. The number of aromatic nitrogens is 5. The zero-order valence-electron chi connectivity index (χ0n) is 10.3. The first-order valence-corrected chi connectivity index (χ1v) is 5.81.